The lowest BCUT2D eigenvalue weighted by atomic mass is 10.2. The van der Waals surface area contributed by atoms with E-state index in [0.717, 1.165) is 0 Å². The quantitative estimate of drug-likeness (QED) is 0.297. The van der Waals surface area contributed by atoms with Crippen LogP contribution in [0.2, 0.25) is 0 Å². The Bertz CT molecular complexity index is 493. The number of hydrogen-bond acceptors (Lipinski definition) is 6. The highest BCUT2D eigenvalue weighted by atomic mass is 16.5. The first kappa shape index (κ1) is 18.9. The van der Waals surface area contributed by atoms with Gasteiger partial charge in [-0.2, -0.15) is 0 Å². The molecular weight excluding hydrogens is 300 g/mol. The molecule has 1 aromatic rings. The topological polar surface area (TPSA) is 111 Å². The molecule has 0 aliphatic carbocycles. The van der Waals surface area contributed by atoms with Crippen LogP contribution in [-0.4, -0.2) is 50.3 Å². The highest BCUT2D eigenvalue weighted by Crippen LogP contribution is 2.18. The summed E-state index contributed by atoms with van der Waals surface area (Å²) in [5, 5.41) is 11.3. The van der Waals surface area contributed by atoms with Gasteiger partial charge >= 0.3 is 0 Å². The second-order valence-electron chi connectivity index (χ2n) is 4.90. The van der Waals surface area contributed by atoms with Crippen LogP contribution in [0.5, 0.6) is 5.75 Å². The van der Waals surface area contributed by atoms with Crippen molar-refractivity contribution in [1.82, 2.24) is 5.32 Å². The number of nitrogens with one attached hydrogen (secondary N) is 1. The Balaban J connectivity index is 2.09. The Morgan fingerprint density at radius 3 is 2.78 bits per heavy atom. The molecule has 1 rings (SSSR count). The van der Waals surface area contributed by atoms with Gasteiger partial charge in [0.15, 0.2) is 6.29 Å². The van der Waals surface area contributed by atoms with Gasteiger partial charge in [-0.3, -0.25) is 9.59 Å². The van der Waals surface area contributed by atoms with Crippen molar-refractivity contribution in [2.75, 3.05) is 38.7 Å². The zero-order valence-corrected chi connectivity index (χ0v) is 13.1. The maximum absolute atomic E-state index is 11.6. The summed E-state index contributed by atoms with van der Waals surface area (Å²) in [5.41, 5.74) is 6.49. The molecular formula is C16H24N2O5. The van der Waals surface area contributed by atoms with E-state index in [9.17, 15) is 9.59 Å². The molecule has 7 heteroatoms. The zero-order chi connectivity index (χ0) is 16.9. The zero-order valence-electron chi connectivity index (χ0n) is 13.1. The molecule has 0 aromatic heterocycles. The van der Waals surface area contributed by atoms with Crippen molar-refractivity contribution in [2.24, 2.45) is 0 Å². The van der Waals surface area contributed by atoms with Crippen LogP contribution < -0.4 is 15.8 Å². The van der Waals surface area contributed by atoms with E-state index in [1.165, 1.54) is 0 Å². The Hall–Kier alpha value is -2.12. The average Bonchev–Trinajstić information content (AvgIpc) is 2.55. The van der Waals surface area contributed by atoms with Crippen molar-refractivity contribution in [2.45, 2.75) is 19.3 Å². The summed E-state index contributed by atoms with van der Waals surface area (Å²) in [6, 6.07) is 4.87. The van der Waals surface area contributed by atoms with Gasteiger partial charge in [0.2, 0.25) is 5.91 Å². The minimum atomic E-state index is -0.0356. The molecule has 0 fully saturated rings. The molecule has 128 valence electrons. The minimum absolute atomic E-state index is 0.00980. The maximum atomic E-state index is 11.6. The van der Waals surface area contributed by atoms with E-state index in [2.05, 4.69) is 5.32 Å². The van der Waals surface area contributed by atoms with Crippen molar-refractivity contribution in [3.05, 3.63) is 23.8 Å². The van der Waals surface area contributed by atoms with E-state index in [1.807, 2.05) is 0 Å². The number of carbonyl (C=O) groups excluding carboxylic acids is 2. The Morgan fingerprint density at radius 1 is 1.26 bits per heavy atom. The second-order valence-corrected chi connectivity index (χ2v) is 4.90. The molecule has 0 saturated heterocycles. The lowest BCUT2D eigenvalue weighted by Crippen LogP contribution is -2.25. The fourth-order valence-electron chi connectivity index (χ4n) is 1.83. The third kappa shape index (κ3) is 8.18. The van der Waals surface area contributed by atoms with Gasteiger partial charge in [-0.15, -0.1) is 0 Å². The van der Waals surface area contributed by atoms with E-state index in [4.69, 9.17) is 20.3 Å². The third-order valence-electron chi connectivity index (χ3n) is 3.03. The average molecular weight is 324 g/mol. The molecule has 0 unspecified atom stereocenters. The Kier molecular flexibility index (Phi) is 9.42. The van der Waals surface area contributed by atoms with E-state index in [-0.39, 0.29) is 12.5 Å². The number of benzene rings is 1. The number of nitrogens with two attached hydrogens (primary N) is 1. The number of hydrogen-bond donors (Lipinski definition) is 3. The monoisotopic (exact) mass is 324 g/mol. The molecule has 0 aliphatic heterocycles. The van der Waals surface area contributed by atoms with Gasteiger partial charge in [0.1, 0.15) is 5.75 Å². The molecule has 0 radical (unpaired) electrons. The van der Waals surface area contributed by atoms with Crippen LogP contribution in [0.15, 0.2) is 18.2 Å². The Labute approximate surface area is 135 Å². The van der Waals surface area contributed by atoms with Gasteiger partial charge in [0.25, 0.3) is 0 Å². The molecule has 4 N–H and O–H groups in total. The first-order valence-electron chi connectivity index (χ1n) is 7.60. The number of rotatable bonds is 12. The summed E-state index contributed by atoms with van der Waals surface area (Å²) < 4.78 is 10.6. The van der Waals surface area contributed by atoms with Crippen molar-refractivity contribution in [1.29, 1.82) is 0 Å². The molecule has 0 saturated carbocycles. The van der Waals surface area contributed by atoms with Gasteiger partial charge in [-0.1, -0.05) is 0 Å². The number of anilines is 1. The van der Waals surface area contributed by atoms with Crippen molar-refractivity contribution in [3.8, 4) is 5.75 Å². The molecule has 7 nitrogen and oxygen atoms in total. The lowest BCUT2D eigenvalue weighted by molar-refractivity contribution is -0.121. The van der Waals surface area contributed by atoms with Crippen LogP contribution in [0.25, 0.3) is 0 Å². The first-order chi connectivity index (χ1) is 11.2. The lowest BCUT2D eigenvalue weighted by Gasteiger charge is -2.08. The summed E-state index contributed by atoms with van der Waals surface area (Å²) in [7, 11) is 0. The van der Waals surface area contributed by atoms with Crippen molar-refractivity contribution >= 4 is 17.9 Å². The highest BCUT2D eigenvalue weighted by molar-refractivity contribution is 5.83. The minimum Gasteiger partial charge on any atom is -0.494 e. The van der Waals surface area contributed by atoms with Gasteiger partial charge in [-0.05, 0) is 25.0 Å². The van der Waals surface area contributed by atoms with Crippen LogP contribution in [0.1, 0.15) is 29.6 Å². The van der Waals surface area contributed by atoms with E-state index >= 15 is 0 Å². The van der Waals surface area contributed by atoms with Crippen molar-refractivity contribution < 1.29 is 24.2 Å². The van der Waals surface area contributed by atoms with Crippen LogP contribution in [0, 0.1) is 0 Å². The largest absolute Gasteiger partial charge is 0.494 e. The Morgan fingerprint density at radius 2 is 2.09 bits per heavy atom. The van der Waals surface area contributed by atoms with Crippen LogP contribution >= 0.6 is 0 Å². The normalized spacial score (nSPS) is 10.3. The maximum Gasteiger partial charge on any atom is 0.220 e. The molecule has 1 amide bonds. The molecule has 0 heterocycles. The predicted molar refractivity (Wildman–Crippen MR) is 86.5 cm³/mol. The molecule has 0 atom stereocenters. The molecule has 1 aromatic carbocycles. The standard InChI is InChI=1S/C16H24N2O5/c17-15-11-14(5-4-13(15)12-20)23-9-1-3-16(21)18-6-2-8-22-10-7-19/h4-5,11-12,19H,1-3,6-10,17H2,(H,18,21). The molecule has 23 heavy (non-hydrogen) atoms. The summed E-state index contributed by atoms with van der Waals surface area (Å²) in [5.74, 6) is 0.543. The number of ether oxygens (including phenoxy) is 2. The van der Waals surface area contributed by atoms with Crippen molar-refractivity contribution in [3.63, 3.8) is 0 Å². The van der Waals surface area contributed by atoms with E-state index in [1.54, 1.807) is 18.2 Å². The number of aliphatic hydroxyl groups is 1. The molecule has 0 bridgehead atoms. The summed E-state index contributed by atoms with van der Waals surface area (Å²) in [4.78, 5) is 22.2. The summed E-state index contributed by atoms with van der Waals surface area (Å²) in [6.07, 6.45) is 2.37. The van der Waals surface area contributed by atoms with Crippen LogP contribution in [0.3, 0.4) is 0 Å². The summed E-state index contributed by atoms with van der Waals surface area (Å²) in [6.45, 7) is 1.80. The summed E-state index contributed by atoms with van der Waals surface area (Å²) >= 11 is 0. The second kappa shape index (κ2) is 11.4. The van der Waals surface area contributed by atoms with Crippen LogP contribution in [0.4, 0.5) is 5.69 Å². The fraction of sp³-hybridized carbons (Fsp3) is 0.500. The number of aliphatic hydroxyl groups excluding tert-OH is 1. The number of nitrogen functional groups attached to an aromatic ring is 1. The van der Waals surface area contributed by atoms with Gasteiger partial charge in [0, 0.05) is 36.9 Å². The first-order valence-corrected chi connectivity index (χ1v) is 7.60. The molecule has 0 aliphatic rings. The SMILES string of the molecule is Nc1cc(OCCCC(=O)NCCCOCCO)ccc1C=O. The highest BCUT2D eigenvalue weighted by Gasteiger charge is 2.03. The van der Waals surface area contributed by atoms with Crippen LogP contribution in [-0.2, 0) is 9.53 Å². The van der Waals surface area contributed by atoms with Gasteiger partial charge < -0.3 is 25.6 Å². The van der Waals surface area contributed by atoms with E-state index < -0.39 is 0 Å². The molecule has 0 spiro atoms. The number of aldehydes is 1. The number of amides is 1. The number of carbonyl (C=O) groups is 2. The fourth-order valence-corrected chi connectivity index (χ4v) is 1.83. The predicted octanol–water partition coefficient (Wildman–Crippen LogP) is 0.756. The smallest absolute Gasteiger partial charge is 0.220 e. The van der Waals surface area contributed by atoms with Gasteiger partial charge in [0.05, 0.1) is 19.8 Å². The van der Waals surface area contributed by atoms with Gasteiger partial charge in [-0.25, -0.2) is 0 Å². The third-order valence-corrected chi connectivity index (χ3v) is 3.03. The van der Waals surface area contributed by atoms with E-state index in [0.29, 0.717) is 68.9 Å².